The number of morpholine rings is 1. The van der Waals surface area contributed by atoms with E-state index in [0.29, 0.717) is 31.1 Å². The average molecular weight is 388 g/mol. The molecule has 7 heteroatoms. The van der Waals surface area contributed by atoms with Crippen molar-refractivity contribution in [1.29, 1.82) is 0 Å². The molecule has 1 saturated heterocycles. The molecule has 0 spiro atoms. The van der Waals surface area contributed by atoms with Gasteiger partial charge in [-0.25, -0.2) is 9.37 Å². The second-order valence-corrected chi connectivity index (χ2v) is 6.75. The first-order valence-electron chi connectivity index (χ1n) is 8.75. The van der Waals surface area contributed by atoms with Crippen molar-refractivity contribution < 1.29 is 14.2 Å². The van der Waals surface area contributed by atoms with Crippen LogP contribution in [0.4, 0.5) is 15.9 Å². The number of hydrogen-bond donors (Lipinski definition) is 1. The SMILES string of the molecule is OC1=C(c2ccnc(N3CCOCC3)c2)N(c2ccc(F)c(Cl)c2)CC=C1. The van der Waals surface area contributed by atoms with Crippen molar-refractivity contribution in [3.63, 3.8) is 0 Å². The second-order valence-electron chi connectivity index (χ2n) is 6.35. The third-order valence-electron chi connectivity index (χ3n) is 4.65. The van der Waals surface area contributed by atoms with E-state index >= 15 is 0 Å². The summed E-state index contributed by atoms with van der Waals surface area (Å²) in [5, 5.41) is 10.6. The minimum Gasteiger partial charge on any atom is -0.506 e. The van der Waals surface area contributed by atoms with Crippen LogP contribution in [-0.2, 0) is 4.74 Å². The Labute approximate surface area is 161 Å². The molecule has 0 atom stereocenters. The van der Waals surface area contributed by atoms with Gasteiger partial charge in [-0.15, -0.1) is 0 Å². The Morgan fingerprint density at radius 1 is 1.15 bits per heavy atom. The molecule has 0 unspecified atom stereocenters. The Morgan fingerprint density at radius 2 is 1.96 bits per heavy atom. The summed E-state index contributed by atoms with van der Waals surface area (Å²) in [7, 11) is 0. The molecule has 1 aromatic carbocycles. The van der Waals surface area contributed by atoms with Crippen molar-refractivity contribution >= 4 is 28.8 Å². The van der Waals surface area contributed by atoms with Crippen molar-refractivity contribution in [3.05, 3.63) is 70.8 Å². The summed E-state index contributed by atoms with van der Waals surface area (Å²) in [6, 6.07) is 8.35. The summed E-state index contributed by atoms with van der Waals surface area (Å²) in [5.41, 5.74) is 2.17. The minimum atomic E-state index is -0.471. The van der Waals surface area contributed by atoms with Gasteiger partial charge in [-0.05, 0) is 36.4 Å². The van der Waals surface area contributed by atoms with Crippen LogP contribution in [0.1, 0.15) is 5.56 Å². The summed E-state index contributed by atoms with van der Waals surface area (Å²) in [4.78, 5) is 8.52. The van der Waals surface area contributed by atoms with E-state index in [-0.39, 0.29) is 10.8 Å². The highest BCUT2D eigenvalue weighted by molar-refractivity contribution is 6.31. The van der Waals surface area contributed by atoms with Gasteiger partial charge in [0.15, 0.2) is 0 Å². The lowest BCUT2D eigenvalue weighted by Crippen LogP contribution is -2.36. The predicted molar refractivity (Wildman–Crippen MR) is 105 cm³/mol. The first-order valence-corrected chi connectivity index (χ1v) is 9.13. The lowest BCUT2D eigenvalue weighted by Gasteiger charge is -2.31. The normalized spacial score (nSPS) is 17.6. The predicted octanol–water partition coefficient (Wildman–Crippen LogP) is 4.01. The van der Waals surface area contributed by atoms with Gasteiger partial charge < -0.3 is 19.6 Å². The Balaban J connectivity index is 1.72. The monoisotopic (exact) mass is 387 g/mol. The lowest BCUT2D eigenvalue weighted by molar-refractivity contribution is 0.122. The van der Waals surface area contributed by atoms with E-state index in [1.54, 1.807) is 24.4 Å². The van der Waals surface area contributed by atoms with Gasteiger partial charge in [0.05, 0.1) is 23.9 Å². The molecule has 4 rings (SSSR count). The topological polar surface area (TPSA) is 48.8 Å². The summed E-state index contributed by atoms with van der Waals surface area (Å²) in [5.74, 6) is 0.504. The van der Waals surface area contributed by atoms with Gasteiger partial charge in [0.2, 0.25) is 0 Å². The molecule has 1 aromatic heterocycles. The van der Waals surface area contributed by atoms with Crippen molar-refractivity contribution in [3.8, 4) is 0 Å². The number of aromatic nitrogens is 1. The molecule has 140 valence electrons. The van der Waals surface area contributed by atoms with Gasteiger partial charge in [-0.1, -0.05) is 17.7 Å². The number of halogens is 2. The van der Waals surface area contributed by atoms with Crippen LogP contribution in [0.2, 0.25) is 5.02 Å². The highest BCUT2D eigenvalue weighted by Crippen LogP contribution is 2.34. The van der Waals surface area contributed by atoms with Crippen LogP contribution in [-0.4, -0.2) is 42.9 Å². The second kappa shape index (κ2) is 7.58. The zero-order valence-corrected chi connectivity index (χ0v) is 15.4. The van der Waals surface area contributed by atoms with E-state index in [0.717, 1.165) is 24.5 Å². The number of aliphatic hydroxyl groups is 1. The molecule has 0 saturated carbocycles. The van der Waals surface area contributed by atoms with Gasteiger partial charge in [-0.3, -0.25) is 0 Å². The molecule has 0 amide bonds. The number of anilines is 2. The highest BCUT2D eigenvalue weighted by Gasteiger charge is 2.22. The largest absolute Gasteiger partial charge is 0.506 e. The van der Waals surface area contributed by atoms with Crippen LogP contribution in [0.15, 0.2) is 54.4 Å². The molecular formula is C20H19ClFN3O2. The molecule has 1 fully saturated rings. The molecule has 0 radical (unpaired) electrons. The van der Waals surface area contributed by atoms with E-state index in [9.17, 15) is 9.50 Å². The maximum absolute atomic E-state index is 13.6. The molecule has 2 aromatic rings. The van der Waals surface area contributed by atoms with Crippen molar-refractivity contribution in [2.45, 2.75) is 0 Å². The molecule has 1 N–H and O–H groups in total. The zero-order chi connectivity index (χ0) is 18.8. The van der Waals surface area contributed by atoms with Gasteiger partial charge in [0.25, 0.3) is 0 Å². The Morgan fingerprint density at radius 3 is 2.74 bits per heavy atom. The quantitative estimate of drug-likeness (QED) is 0.862. The van der Waals surface area contributed by atoms with Crippen molar-refractivity contribution in [2.75, 3.05) is 42.6 Å². The van der Waals surface area contributed by atoms with Crippen molar-refractivity contribution in [1.82, 2.24) is 4.98 Å². The standard InChI is InChI=1S/C20H19ClFN3O2/c21-16-13-15(3-4-17(16)22)25-7-1-2-18(26)20(25)14-5-6-23-19(12-14)24-8-10-27-11-9-24/h1-6,12-13,26H,7-11H2. The number of aliphatic hydroxyl groups excluding tert-OH is 1. The van der Waals surface area contributed by atoms with Gasteiger partial charge in [0, 0.05) is 37.1 Å². The molecule has 2 aliphatic heterocycles. The minimum absolute atomic E-state index is 0.0460. The van der Waals surface area contributed by atoms with E-state index in [1.165, 1.54) is 6.07 Å². The molecular weight excluding hydrogens is 369 g/mol. The third kappa shape index (κ3) is 3.63. The highest BCUT2D eigenvalue weighted by atomic mass is 35.5. The van der Waals surface area contributed by atoms with E-state index in [2.05, 4.69) is 9.88 Å². The van der Waals surface area contributed by atoms with Crippen LogP contribution >= 0.6 is 11.6 Å². The number of rotatable bonds is 3. The van der Waals surface area contributed by atoms with Crippen LogP contribution in [0, 0.1) is 5.82 Å². The molecule has 0 bridgehead atoms. The van der Waals surface area contributed by atoms with Gasteiger partial charge in [0.1, 0.15) is 17.4 Å². The van der Waals surface area contributed by atoms with Gasteiger partial charge >= 0.3 is 0 Å². The van der Waals surface area contributed by atoms with E-state index in [1.807, 2.05) is 23.1 Å². The number of hydrogen-bond acceptors (Lipinski definition) is 5. The average Bonchev–Trinajstić information content (AvgIpc) is 2.70. The summed E-state index contributed by atoms with van der Waals surface area (Å²) in [6.45, 7) is 3.43. The number of allylic oxidation sites excluding steroid dienone is 1. The molecule has 27 heavy (non-hydrogen) atoms. The molecule has 3 heterocycles. The summed E-state index contributed by atoms with van der Waals surface area (Å²) in [6.07, 6.45) is 5.25. The first kappa shape index (κ1) is 17.8. The Kier molecular flexibility index (Phi) is 5.01. The number of nitrogens with zero attached hydrogens (tertiary/aromatic N) is 3. The smallest absolute Gasteiger partial charge is 0.141 e. The molecule has 2 aliphatic rings. The maximum Gasteiger partial charge on any atom is 0.141 e. The van der Waals surface area contributed by atoms with Crippen molar-refractivity contribution in [2.24, 2.45) is 0 Å². The van der Waals surface area contributed by atoms with E-state index in [4.69, 9.17) is 16.3 Å². The van der Waals surface area contributed by atoms with Crippen LogP contribution in [0.3, 0.4) is 0 Å². The fourth-order valence-electron chi connectivity index (χ4n) is 3.30. The number of ether oxygens (including phenoxy) is 1. The first-order chi connectivity index (χ1) is 13.1. The van der Waals surface area contributed by atoms with Crippen LogP contribution < -0.4 is 9.80 Å². The third-order valence-corrected chi connectivity index (χ3v) is 4.93. The fraction of sp³-hybridized carbons (Fsp3) is 0.250. The van der Waals surface area contributed by atoms with Gasteiger partial charge in [-0.2, -0.15) is 0 Å². The number of benzene rings is 1. The van der Waals surface area contributed by atoms with Crippen LogP contribution in [0.25, 0.3) is 5.70 Å². The molecule has 5 nitrogen and oxygen atoms in total. The fourth-order valence-corrected chi connectivity index (χ4v) is 3.48. The lowest BCUT2D eigenvalue weighted by atomic mass is 10.1. The Bertz CT molecular complexity index is 910. The summed E-state index contributed by atoms with van der Waals surface area (Å²) < 4.78 is 19.0. The maximum atomic E-state index is 13.6. The van der Waals surface area contributed by atoms with E-state index < -0.39 is 5.82 Å². The number of pyridine rings is 1. The van der Waals surface area contributed by atoms with Crippen LogP contribution in [0.5, 0.6) is 0 Å². The zero-order valence-electron chi connectivity index (χ0n) is 14.6. The molecule has 0 aliphatic carbocycles. The Hall–Kier alpha value is -2.57. The summed E-state index contributed by atoms with van der Waals surface area (Å²) >= 11 is 5.96.